The van der Waals surface area contributed by atoms with Gasteiger partial charge in [0.2, 0.25) is 15.9 Å². The average molecular weight is 257 g/mol. The van der Waals surface area contributed by atoms with Gasteiger partial charge in [-0.25, -0.2) is 13.1 Å². The largest absolute Gasteiger partial charge is 0.398 e. The standard InChI is InChI=1S/C10H15N3O3S/c1-6-3-8(4-9(11)7(6)2)17(15,16)13-5-10(12)14/h3-4,13H,5,11H2,1-2H3,(H2,12,14). The predicted octanol–water partition coefficient (Wildman–Crippen LogP) is -0.351. The van der Waals surface area contributed by atoms with Crippen LogP contribution in [-0.2, 0) is 14.8 Å². The highest BCUT2D eigenvalue weighted by molar-refractivity contribution is 7.89. The molecule has 7 heteroatoms. The number of hydrogen-bond acceptors (Lipinski definition) is 4. The number of nitrogens with one attached hydrogen (secondary N) is 1. The molecule has 0 atom stereocenters. The van der Waals surface area contributed by atoms with Crippen LogP contribution in [0.1, 0.15) is 11.1 Å². The van der Waals surface area contributed by atoms with Crippen LogP contribution in [-0.4, -0.2) is 20.9 Å². The fourth-order valence-electron chi connectivity index (χ4n) is 1.26. The number of rotatable bonds is 4. The van der Waals surface area contributed by atoms with Crippen LogP contribution in [0.4, 0.5) is 5.69 Å². The summed E-state index contributed by atoms with van der Waals surface area (Å²) in [5, 5.41) is 0. The van der Waals surface area contributed by atoms with Gasteiger partial charge in [0.25, 0.3) is 0 Å². The van der Waals surface area contributed by atoms with Gasteiger partial charge < -0.3 is 11.5 Å². The molecule has 0 saturated carbocycles. The van der Waals surface area contributed by atoms with Crippen molar-refractivity contribution in [3.05, 3.63) is 23.3 Å². The summed E-state index contributed by atoms with van der Waals surface area (Å²) in [6, 6.07) is 2.85. The number of nitrogens with two attached hydrogens (primary N) is 2. The first-order valence-corrected chi connectivity index (χ1v) is 6.37. The second-order valence-corrected chi connectivity index (χ2v) is 5.51. The van der Waals surface area contributed by atoms with Crippen LogP contribution in [0.5, 0.6) is 0 Å². The maximum atomic E-state index is 11.8. The van der Waals surface area contributed by atoms with Crippen LogP contribution in [0.25, 0.3) is 0 Å². The lowest BCUT2D eigenvalue weighted by Crippen LogP contribution is -2.33. The molecule has 94 valence electrons. The zero-order valence-electron chi connectivity index (χ0n) is 9.65. The van der Waals surface area contributed by atoms with Gasteiger partial charge in [0.15, 0.2) is 0 Å². The zero-order valence-corrected chi connectivity index (χ0v) is 10.5. The van der Waals surface area contributed by atoms with Gasteiger partial charge in [-0.3, -0.25) is 4.79 Å². The number of anilines is 1. The monoisotopic (exact) mass is 257 g/mol. The second kappa shape index (κ2) is 4.72. The molecular formula is C10H15N3O3S. The molecule has 0 aromatic heterocycles. The molecule has 1 aromatic carbocycles. The van der Waals surface area contributed by atoms with Gasteiger partial charge in [0, 0.05) is 5.69 Å². The van der Waals surface area contributed by atoms with E-state index in [1.807, 2.05) is 0 Å². The minimum absolute atomic E-state index is 0.0272. The van der Waals surface area contributed by atoms with Crippen LogP contribution >= 0.6 is 0 Å². The zero-order chi connectivity index (χ0) is 13.2. The number of hydrogen-bond donors (Lipinski definition) is 3. The third-order valence-electron chi connectivity index (χ3n) is 2.43. The van der Waals surface area contributed by atoms with Crippen molar-refractivity contribution in [1.29, 1.82) is 0 Å². The Morgan fingerprint density at radius 3 is 2.41 bits per heavy atom. The number of primary amides is 1. The van der Waals surface area contributed by atoms with Crippen LogP contribution < -0.4 is 16.2 Å². The van der Waals surface area contributed by atoms with E-state index in [0.717, 1.165) is 11.1 Å². The van der Waals surface area contributed by atoms with Crippen LogP contribution in [0.2, 0.25) is 0 Å². The number of benzene rings is 1. The van der Waals surface area contributed by atoms with Crippen LogP contribution in [0.15, 0.2) is 17.0 Å². The summed E-state index contributed by atoms with van der Waals surface area (Å²) in [4.78, 5) is 10.6. The third-order valence-corrected chi connectivity index (χ3v) is 3.81. The number of amides is 1. The molecule has 0 spiro atoms. The smallest absolute Gasteiger partial charge is 0.241 e. The minimum atomic E-state index is -3.75. The van der Waals surface area contributed by atoms with E-state index in [1.165, 1.54) is 12.1 Å². The number of carbonyl (C=O) groups excluding carboxylic acids is 1. The van der Waals surface area contributed by atoms with Gasteiger partial charge in [-0.2, -0.15) is 0 Å². The molecule has 0 unspecified atom stereocenters. The van der Waals surface area contributed by atoms with E-state index in [0.29, 0.717) is 5.69 Å². The number of nitrogen functional groups attached to an aromatic ring is 1. The Kier molecular flexibility index (Phi) is 3.74. The maximum absolute atomic E-state index is 11.8. The van der Waals surface area contributed by atoms with E-state index in [2.05, 4.69) is 4.72 Å². The molecule has 17 heavy (non-hydrogen) atoms. The first-order valence-electron chi connectivity index (χ1n) is 4.88. The number of aryl methyl sites for hydroxylation is 1. The molecule has 1 rings (SSSR count). The molecule has 0 saturated heterocycles. The van der Waals surface area contributed by atoms with Gasteiger partial charge in [-0.15, -0.1) is 0 Å². The number of sulfonamides is 1. The van der Waals surface area contributed by atoms with Crippen molar-refractivity contribution in [1.82, 2.24) is 4.72 Å². The molecular weight excluding hydrogens is 242 g/mol. The Balaban J connectivity index is 3.12. The second-order valence-electron chi connectivity index (χ2n) is 3.75. The van der Waals surface area contributed by atoms with Crippen molar-refractivity contribution < 1.29 is 13.2 Å². The molecule has 0 heterocycles. The molecule has 6 nitrogen and oxygen atoms in total. The summed E-state index contributed by atoms with van der Waals surface area (Å²) in [6.45, 7) is 3.13. The van der Waals surface area contributed by atoms with E-state index < -0.39 is 22.5 Å². The minimum Gasteiger partial charge on any atom is -0.398 e. The summed E-state index contributed by atoms with van der Waals surface area (Å²) in [5.41, 5.74) is 12.6. The first kappa shape index (κ1) is 13.5. The van der Waals surface area contributed by atoms with E-state index in [4.69, 9.17) is 11.5 Å². The molecule has 0 radical (unpaired) electrons. The molecule has 0 bridgehead atoms. The van der Waals surface area contributed by atoms with Gasteiger partial charge in [0.05, 0.1) is 11.4 Å². The predicted molar refractivity (Wildman–Crippen MR) is 64.7 cm³/mol. The van der Waals surface area contributed by atoms with Gasteiger partial charge in [0.1, 0.15) is 0 Å². The molecule has 0 fully saturated rings. The fraction of sp³-hybridized carbons (Fsp3) is 0.300. The molecule has 1 aromatic rings. The normalized spacial score (nSPS) is 11.4. The summed E-state index contributed by atoms with van der Waals surface area (Å²) in [6.07, 6.45) is 0. The average Bonchev–Trinajstić information content (AvgIpc) is 2.22. The Hall–Kier alpha value is -1.60. The van der Waals surface area contributed by atoms with Gasteiger partial charge in [-0.05, 0) is 37.1 Å². The molecule has 0 aliphatic rings. The SMILES string of the molecule is Cc1cc(S(=O)(=O)NCC(N)=O)cc(N)c1C. The maximum Gasteiger partial charge on any atom is 0.241 e. The van der Waals surface area contributed by atoms with Crippen LogP contribution in [0, 0.1) is 13.8 Å². The molecule has 0 aliphatic carbocycles. The van der Waals surface area contributed by atoms with Crippen molar-refractivity contribution in [2.75, 3.05) is 12.3 Å². The number of carbonyl (C=O) groups is 1. The lowest BCUT2D eigenvalue weighted by molar-refractivity contribution is -0.116. The highest BCUT2D eigenvalue weighted by atomic mass is 32.2. The fourth-order valence-corrected chi connectivity index (χ4v) is 2.37. The van der Waals surface area contributed by atoms with Gasteiger partial charge in [-0.1, -0.05) is 0 Å². The van der Waals surface area contributed by atoms with E-state index in [9.17, 15) is 13.2 Å². The van der Waals surface area contributed by atoms with Crippen molar-refractivity contribution >= 4 is 21.6 Å². The first-order chi connectivity index (χ1) is 7.74. The summed E-state index contributed by atoms with van der Waals surface area (Å²) < 4.78 is 25.6. The highest BCUT2D eigenvalue weighted by Crippen LogP contribution is 2.21. The van der Waals surface area contributed by atoms with Crippen molar-refractivity contribution in [2.45, 2.75) is 18.7 Å². The molecule has 1 amide bonds. The lowest BCUT2D eigenvalue weighted by Gasteiger charge is -2.10. The quantitative estimate of drug-likeness (QED) is 0.639. The van der Waals surface area contributed by atoms with Crippen LogP contribution in [0.3, 0.4) is 0 Å². The van der Waals surface area contributed by atoms with Crippen molar-refractivity contribution in [3.63, 3.8) is 0 Å². The Bertz CT molecular complexity index is 529. The highest BCUT2D eigenvalue weighted by Gasteiger charge is 2.16. The van der Waals surface area contributed by atoms with E-state index >= 15 is 0 Å². The van der Waals surface area contributed by atoms with Crippen molar-refractivity contribution in [3.8, 4) is 0 Å². The lowest BCUT2D eigenvalue weighted by atomic mass is 10.1. The summed E-state index contributed by atoms with van der Waals surface area (Å²) in [7, 11) is -3.75. The molecule has 0 aliphatic heterocycles. The Morgan fingerprint density at radius 2 is 1.94 bits per heavy atom. The Morgan fingerprint density at radius 1 is 1.35 bits per heavy atom. The Labute approximate surface area is 100 Å². The van der Waals surface area contributed by atoms with Crippen molar-refractivity contribution in [2.24, 2.45) is 5.73 Å². The summed E-state index contributed by atoms with van der Waals surface area (Å²) in [5.74, 6) is -0.745. The van der Waals surface area contributed by atoms with E-state index in [1.54, 1.807) is 13.8 Å². The summed E-state index contributed by atoms with van der Waals surface area (Å²) >= 11 is 0. The third kappa shape index (κ3) is 3.18. The van der Waals surface area contributed by atoms with E-state index in [-0.39, 0.29) is 4.90 Å². The molecule has 5 N–H and O–H groups in total. The topological polar surface area (TPSA) is 115 Å². The van der Waals surface area contributed by atoms with Gasteiger partial charge >= 0.3 is 0 Å².